The van der Waals surface area contributed by atoms with Crippen molar-refractivity contribution in [1.29, 1.82) is 0 Å². The summed E-state index contributed by atoms with van der Waals surface area (Å²) in [5.41, 5.74) is 2.10. The zero-order valence-corrected chi connectivity index (χ0v) is 19.0. The molecule has 166 valence electrons. The van der Waals surface area contributed by atoms with Crippen LogP contribution in [0.4, 0.5) is 0 Å². The third kappa shape index (κ3) is 4.69. The third-order valence-corrected chi connectivity index (χ3v) is 6.61. The summed E-state index contributed by atoms with van der Waals surface area (Å²) in [6.07, 6.45) is 4.19. The van der Waals surface area contributed by atoms with Crippen molar-refractivity contribution in [2.75, 3.05) is 19.7 Å². The molecule has 1 fully saturated rings. The lowest BCUT2D eigenvalue weighted by Crippen LogP contribution is -2.28. The molecule has 0 atom stereocenters. The van der Waals surface area contributed by atoms with Gasteiger partial charge in [0.15, 0.2) is 0 Å². The van der Waals surface area contributed by atoms with Crippen molar-refractivity contribution in [3.8, 4) is 11.5 Å². The van der Waals surface area contributed by atoms with Gasteiger partial charge < -0.3 is 15.2 Å². The number of phenols is 1. The van der Waals surface area contributed by atoms with Gasteiger partial charge in [0.25, 0.3) is 0 Å². The summed E-state index contributed by atoms with van der Waals surface area (Å²) in [6.45, 7) is 2.97. The molecule has 1 aliphatic heterocycles. The van der Waals surface area contributed by atoms with E-state index in [4.69, 9.17) is 4.74 Å². The molecule has 1 heterocycles. The van der Waals surface area contributed by atoms with Gasteiger partial charge in [0.05, 0.1) is 6.61 Å². The smallest absolute Gasteiger partial charge is 0.123 e. The number of aromatic hydroxyl groups is 1. The average Bonchev–Trinajstić information content (AvgIpc) is 2.82. The second-order valence-electron chi connectivity index (χ2n) is 8.56. The Balaban J connectivity index is 0.00000245. The molecule has 0 spiro atoms. The van der Waals surface area contributed by atoms with E-state index in [1.807, 2.05) is 18.2 Å². The van der Waals surface area contributed by atoms with E-state index in [0.717, 1.165) is 59.7 Å². The number of nitrogens with one attached hydrogen (secondary N) is 1. The van der Waals surface area contributed by atoms with Crippen LogP contribution in [0.5, 0.6) is 11.5 Å². The van der Waals surface area contributed by atoms with Crippen molar-refractivity contribution >= 4 is 34.0 Å². The summed E-state index contributed by atoms with van der Waals surface area (Å²) in [5.74, 6) is 2.01. The van der Waals surface area contributed by atoms with Crippen LogP contribution in [-0.2, 0) is 6.42 Å². The summed E-state index contributed by atoms with van der Waals surface area (Å²) in [7, 11) is 0. The molecule has 2 N–H and O–H groups in total. The number of rotatable bonds is 6. The van der Waals surface area contributed by atoms with Gasteiger partial charge in [-0.3, -0.25) is 0 Å². The molecule has 4 aromatic carbocycles. The topological polar surface area (TPSA) is 41.5 Å². The Morgan fingerprint density at radius 3 is 2.12 bits per heavy atom. The Labute approximate surface area is 195 Å². The quantitative estimate of drug-likeness (QED) is 0.355. The normalized spacial score (nSPS) is 14.4. The summed E-state index contributed by atoms with van der Waals surface area (Å²) in [6, 6.07) is 24.7. The second-order valence-corrected chi connectivity index (χ2v) is 8.56. The van der Waals surface area contributed by atoms with Gasteiger partial charge in [-0.2, -0.15) is 0 Å². The Morgan fingerprint density at radius 2 is 1.41 bits per heavy atom. The fourth-order valence-corrected chi connectivity index (χ4v) is 4.83. The fourth-order valence-electron chi connectivity index (χ4n) is 4.83. The van der Waals surface area contributed by atoms with E-state index >= 15 is 0 Å². The molecule has 1 aliphatic rings. The van der Waals surface area contributed by atoms with E-state index in [-0.39, 0.29) is 12.4 Å². The number of phenolic OH excluding ortho intramolecular Hbond substituents is 1. The fraction of sp³-hybridized carbons (Fsp3) is 0.286. The lowest BCUT2D eigenvalue weighted by Gasteiger charge is -2.23. The highest BCUT2D eigenvalue weighted by Crippen LogP contribution is 2.35. The van der Waals surface area contributed by atoms with Crippen molar-refractivity contribution in [2.45, 2.75) is 25.7 Å². The molecule has 4 heteroatoms. The van der Waals surface area contributed by atoms with Crippen LogP contribution in [0.3, 0.4) is 0 Å². The number of hydrogen-bond acceptors (Lipinski definition) is 3. The van der Waals surface area contributed by atoms with Gasteiger partial charge in [-0.15, -0.1) is 12.4 Å². The first-order chi connectivity index (χ1) is 15.3. The maximum Gasteiger partial charge on any atom is 0.123 e. The van der Waals surface area contributed by atoms with Crippen LogP contribution in [0.25, 0.3) is 21.5 Å². The first-order valence-electron chi connectivity index (χ1n) is 11.3. The van der Waals surface area contributed by atoms with Crippen molar-refractivity contribution < 1.29 is 9.84 Å². The Hall–Kier alpha value is -2.75. The summed E-state index contributed by atoms with van der Waals surface area (Å²) in [4.78, 5) is 0. The number of halogens is 1. The maximum absolute atomic E-state index is 10.7. The molecule has 3 nitrogen and oxygen atoms in total. The molecule has 0 saturated carbocycles. The third-order valence-electron chi connectivity index (χ3n) is 6.61. The molecule has 4 aromatic rings. The zero-order chi connectivity index (χ0) is 21.0. The van der Waals surface area contributed by atoms with Crippen LogP contribution >= 0.6 is 12.4 Å². The predicted molar refractivity (Wildman–Crippen MR) is 135 cm³/mol. The van der Waals surface area contributed by atoms with Gasteiger partial charge in [-0.1, -0.05) is 60.7 Å². The number of fused-ring (bicyclic) bond motifs is 2. The Morgan fingerprint density at radius 1 is 0.781 bits per heavy atom. The summed E-state index contributed by atoms with van der Waals surface area (Å²) < 4.78 is 6.37. The van der Waals surface area contributed by atoms with E-state index < -0.39 is 0 Å². The molecule has 0 radical (unpaired) electrons. The Kier molecular flexibility index (Phi) is 7.19. The van der Waals surface area contributed by atoms with E-state index in [1.54, 1.807) is 6.07 Å². The van der Waals surface area contributed by atoms with E-state index in [1.165, 1.54) is 23.6 Å². The molecular weight excluding hydrogens is 418 g/mol. The van der Waals surface area contributed by atoms with Gasteiger partial charge >= 0.3 is 0 Å². The van der Waals surface area contributed by atoms with Gasteiger partial charge in [0, 0.05) is 17.5 Å². The first-order valence-corrected chi connectivity index (χ1v) is 11.3. The number of benzene rings is 4. The Bertz CT molecular complexity index is 1200. The first kappa shape index (κ1) is 22.4. The van der Waals surface area contributed by atoms with E-state index in [2.05, 4.69) is 53.8 Å². The number of ether oxygens (including phenoxy) is 1. The highest BCUT2D eigenvalue weighted by molar-refractivity contribution is 5.91. The zero-order valence-electron chi connectivity index (χ0n) is 18.2. The monoisotopic (exact) mass is 447 g/mol. The van der Waals surface area contributed by atoms with Gasteiger partial charge in [0.2, 0.25) is 0 Å². The van der Waals surface area contributed by atoms with Crippen LogP contribution in [0.15, 0.2) is 72.8 Å². The molecule has 32 heavy (non-hydrogen) atoms. The van der Waals surface area contributed by atoms with Crippen LogP contribution in [0.2, 0.25) is 0 Å². The molecular formula is C28H30ClNO2. The second kappa shape index (κ2) is 10.2. The molecule has 0 amide bonds. The van der Waals surface area contributed by atoms with Gasteiger partial charge in [-0.05, 0) is 71.9 Å². The highest BCUT2D eigenvalue weighted by atomic mass is 35.5. The van der Waals surface area contributed by atoms with E-state index in [9.17, 15) is 5.11 Å². The predicted octanol–water partition coefficient (Wildman–Crippen LogP) is 6.48. The number of piperidine rings is 1. The number of hydrogen-bond donors (Lipinski definition) is 2. The van der Waals surface area contributed by atoms with Crippen molar-refractivity contribution in [3.05, 3.63) is 83.9 Å². The van der Waals surface area contributed by atoms with Crippen molar-refractivity contribution in [1.82, 2.24) is 5.32 Å². The standard InChI is InChI=1S/C28H29NO2.ClH/c30-27-11-9-21-5-1-3-7-23(21)25(27)19-26-24-8-4-2-6-22(24)10-12-28(26)31-18-15-20-13-16-29-17-14-20;/h1-12,20,29-30H,13-19H2;1H. The van der Waals surface area contributed by atoms with Crippen LogP contribution < -0.4 is 10.1 Å². The average molecular weight is 448 g/mol. The molecule has 0 bridgehead atoms. The summed E-state index contributed by atoms with van der Waals surface area (Å²) >= 11 is 0. The molecule has 1 saturated heterocycles. The van der Waals surface area contributed by atoms with Crippen LogP contribution in [-0.4, -0.2) is 24.8 Å². The minimum absolute atomic E-state index is 0. The van der Waals surface area contributed by atoms with Gasteiger partial charge in [-0.25, -0.2) is 0 Å². The molecule has 0 unspecified atom stereocenters. The molecule has 0 aliphatic carbocycles. The van der Waals surface area contributed by atoms with Crippen LogP contribution in [0, 0.1) is 5.92 Å². The largest absolute Gasteiger partial charge is 0.508 e. The van der Waals surface area contributed by atoms with E-state index in [0.29, 0.717) is 12.2 Å². The lowest BCUT2D eigenvalue weighted by atomic mass is 9.93. The minimum Gasteiger partial charge on any atom is -0.508 e. The van der Waals surface area contributed by atoms with Crippen LogP contribution in [0.1, 0.15) is 30.4 Å². The highest BCUT2D eigenvalue weighted by Gasteiger charge is 2.16. The summed E-state index contributed by atoms with van der Waals surface area (Å²) in [5, 5.41) is 18.8. The SMILES string of the molecule is Cl.Oc1ccc2ccccc2c1Cc1c(OCCC2CCNCC2)ccc2ccccc12. The molecule has 5 rings (SSSR count). The van der Waals surface area contributed by atoms with Crippen molar-refractivity contribution in [2.24, 2.45) is 5.92 Å². The van der Waals surface area contributed by atoms with Crippen molar-refractivity contribution in [3.63, 3.8) is 0 Å². The molecule has 0 aromatic heterocycles. The minimum atomic E-state index is 0. The lowest BCUT2D eigenvalue weighted by molar-refractivity contribution is 0.250. The van der Waals surface area contributed by atoms with Gasteiger partial charge in [0.1, 0.15) is 11.5 Å². The maximum atomic E-state index is 10.7.